The minimum Gasteiger partial charge on any atom is -0.760 e. The molecule has 0 aliphatic rings. The quantitative estimate of drug-likeness (QED) is 0.454. The highest BCUT2D eigenvalue weighted by molar-refractivity contribution is 8.03. The summed E-state index contributed by atoms with van der Waals surface area (Å²) in [5.74, 6) is 0. The lowest BCUT2D eigenvalue weighted by Gasteiger charge is -1.80. The molecule has 0 aliphatic heterocycles. The first-order chi connectivity index (χ1) is 4.23. The standard InChI is InChI=1S/C4H4S.ClHO2S/c1-2-4-5-3-1;1-4(2)3/h1-4H;(H,2,3)/p-1. The molecule has 2 nitrogen and oxygen atoms in total. The minimum absolute atomic E-state index is 1.71. The lowest BCUT2D eigenvalue weighted by molar-refractivity contribution is 0.552. The Labute approximate surface area is 64.3 Å². The number of hydrogen-bond acceptors (Lipinski definition) is 3. The van der Waals surface area contributed by atoms with Crippen molar-refractivity contribution in [1.29, 1.82) is 0 Å². The maximum absolute atomic E-state index is 8.77. The maximum atomic E-state index is 8.77. The van der Waals surface area contributed by atoms with Gasteiger partial charge in [-0.1, -0.05) is 12.1 Å². The second-order valence-electron chi connectivity index (χ2n) is 0.987. The highest BCUT2D eigenvalue weighted by Crippen LogP contribution is 1.91. The predicted octanol–water partition coefficient (Wildman–Crippen LogP) is 1.77. The molecule has 0 saturated heterocycles. The van der Waals surface area contributed by atoms with E-state index in [1.54, 1.807) is 11.3 Å². The van der Waals surface area contributed by atoms with Crippen molar-refractivity contribution in [1.82, 2.24) is 0 Å². The Kier molecular flexibility index (Phi) is 6.29. The SMILES string of the molecule is O=S([O-])Cl.c1ccsc1. The fraction of sp³-hybridized carbons (Fsp3) is 0. The van der Waals surface area contributed by atoms with Crippen LogP contribution in [0.1, 0.15) is 0 Å². The summed E-state index contributed by atoms with van der Waals surface area (Å²) in [6, 6.07) is 4.04. The summed E-state index contributed by atoms with van der Waals surface area (Å²) in [7, 11) is 1.80. The van der Waals surface area contributed by atoms with E-state index in [0.717, 1.165) is 0 Å². The zero-order chi connectivity index (χ0) is 7.11. The number of halogens is 1. The van der Waals surface area contributed by atoms with Crippen molar-refractivity contribution in [3.05, 3.63) is 22.9 Å². The molecule has 0 aliphatic carbocycles. The summed E-state index contributed by atoms with van der Waals surface area (Å²) in [4.78, 5) is 0. The Morgan fingerprint density at radius 1 is 1.44 bits per heavy atom. The second-order valence-corrected chi connectivity index (χ2v) is 2.95. The molecule has 52 valence electrons. The molecule has 0 N–H and O–H groups in total. The van der Waals surface area contributed by atoms with Crippen molar-refractivity contribution in [3.8, 4) is 0 Å². The average molecular weight is 184 g/mol. The van der Waals surface area contributed by atoms with E-state index in [2.05, 4.69) is 10.7 Å². The second kappa shape index (κ2) is 6.22. The van der Waals surface area contributed by atoms with Crippen molar-refractivity contribution in [2.45, 2.75) is 0 Å². The Bertz CT molecular complexity index is 130. The lowest BCUT2D eigenvalue weighted by Crippen LogP contribution is -1.61. The van der Waals surface area contributed by atoms with Crippen LogP contribution >= 0.6 is 22.0 Å². The third-order valence-electron chi connectivity index (χ3n) is 0.425. The number of rotatable bonds is 0. The van der Waals surface area contributed by atoms with Crippen molar-refractivity contribution in [3.63, 3.8) is 0 Å². The van der Waals surface area contributed by atoms with Crippen LogP contribution in [0.25, 0.3) is 0 Å². The maximum Gasteiger partial charge on any atom is 0.0422 e. The Hall–Kier alpha value is 0.1000. The highest BCUT2D eigenvalue weighted by Gasteiger charge is 1.58. The van der Waals surface area contributed by atoms with Crippen LogP contribution in [0.15, 0.2) is 22.9 Å². The molecule has 1 rings (SSSR count). The van der Waals surface area contributed by atoms with Crippen molar-refractivity contribution in [2.75, 3.05) is 0 Å². The molecule has 9 heavy (non-hydrogen) atoms. The fourth-order valence-electron chi connectivity index (χ4n) is 0.227. The van der Waals surface area contributed by atoms with Gasteiger partial charge in [-0.15, -0.1) is 0 Å². The van der Waals surface area contributed by atoms with Gasteiger partial charge >= 0.3 is 0 Å². The van der Waals surface area contributed by atoms with Gasteiger partial charge in [0.15, 0.2) is 0 Å². The van der Waals surface area contributed by atoms with Gasteiger partial charge in [0.2, 0.25) is 0 Å². The van der Waals surface area contributed by atoms with Gasteiger partial charge in [0, 0.05) is 10.3 Å². The van der Waals surface area contributed by atoms with Crippen LogP contribution in [0.5, 0.6) is 0 Å². The van der Waals surface area contributed by atoms with Gasteiger partial charge in [0.1, 0.15) is 0 Å². The molecule has 0 bridgehead atoms. The Morgan fingerprint density at radius 3 is 1.89 bits per heavy atom. The van der Waals surface area contributed by atoms with Crippen LogP contribution in [0.2, 0.25) is 0 Å². The topological polar surface area (TPSA) is 40.1 Å². The molecule has 1 heterocycles. The molecule has 1 aromatic rings. The van der Waals surface area contributed by atoms with E-state index >= 15 is 0 Å². The minimum atomic E-state index is -2.39. The van der Waals surface area contributed by atoms with Crippen molar-refractivity contribution >= 4 is 32.3 Å². The highest BCUT2D eigenvalue weighted by atomic mass is 35.7. The predicted molar refractivity (Wildman–Crippen MR) is 39.1 cm³/mol. The van der Waals surface area contributed by atoms with Crippen molar-refractivity contribution < 1.29 is 8.76 Å². The molecule has 0 radical (unpaired) electrons. The first-order valence-electron chi connectivity index (χ1n) is 1.96. The summed E-state index contributed by atoms with van der Waals surface area (Å²) >= 11 is 1.71. The first-order valence-corrected chi connectivity index (χ1v) is 4.80. The van der Waals surface area contributed by atoms with E-state index in [1.807, 2.05) is 22.9 Å². The third-order valence-corrected chi connectivity index (χ3v) is 1.05. The normalized spacial score (nSPS) is 11.3. The van der Waals surface area contributed by atoms with E-state index in [-0.39, 0.29) is 0 Å². The molecule has 1 unspecified atom stereocenters. The molecule has 0 amide bonds. The molecule has 0 aromatic carbocycles. The van der Waals surface area contributed by atoms with E-state index < -0.39 is 10.3 Å². The van der Waals surface area contributed by atoms with E-state index in [1.165, 1.54) is 0 Å². The zero-order valence-corrected chi connectivity index (χ0v) is 6.71. The van der Waals surface area contributed by atoms with Crippen LogP contribution in [0.4, 0.5) is 0 Å². The zero-order valence-electron chi connectivity index (χ0n) is 4.32. The van der Waals surface area contributed by atoms with E-state index in [0.29, 0.717) is 0 Å². The summed E-state index contributed by atoms with van der Waals surface area (Å²) in [5.41, 5.74) is 0. The number of hydrogen-bond donors (Lipinski definition) is 0. The summed E-state index contributed by atoms with van der Waals surface area (Å²) in [5, 5.41) is 4.08. The van der Waals surface area contributed by atoms with E-state index in [4.69, 9.17) is 8.76 Å². The monoisotopic (exact) mass is 183 g/mol. The molecular formula is C4H4ClO2S2-. The van der Waals surface area contributed by atoms with Crippen LogP contribution < -0.4 is 0 Å². The summed E-state index contributed by atoms with van der Waals surface area (Å²) < 4.78 is 17.5. The summed E-state index contributed by atoms with van der Waals surface area (Å²) in [6.45, 7) is 0. The largest absolute Gasteiger partial charge is 0.760 e. The lowest BCUT2D eigenvalue weighted by atomic mass is 10.7. The average Bonchev–Trinajstić information content (AvgIpc) is 2.11. The fourth-order valence-corrected chi connectivity index (χ4v) is 0.680. The Morgan fingerprint density at radius 2 is 1.78 bits per heavy atom. The first kappa shape index (κ1) is 9.10. The molecule has 0 saturated carbocycles. The van der Waals surface area contributed by atoms with Gasteiger partial charge in [-0.2, -0.15) is 11.3 Å². The van der Waals surface area contributed by atoms with Gasteiger partial charge in [-0.25, -0.2) is 0 Å². The smallest absolute Gasteiger partial charge is 0.0422 e. The van der Waals surface area contributed by atoms with Crippen LogP contribution in [0, 0.1) is 0 Å². The Balaban J connectivity index is 0.000000148. The van der Waals surface area contributed by atoms with Gasteiger partial charge in [0.05, 0.1) is 0 Å². The molecule has 0 fully saturated rings. The van der Waals surface area contributed by atoms with Gasteiger partial charge in [0.25, 0.3) is 0 Å². The van der Waals surface area contributed by atoms with Crippen LogP contribution in [-0.4, -0.2) is 8.76 Å². The van der Waals surface area contributed by atoms with E-state index in [9.17, 15) is 0 Å². The van der Waals surface area contributed by atoms with Gasteiger partial charge in [-0.05, 0) is 21.4 Å². The van der Waals surface area contributed by atoms with Crippen molar-refractivity contribution in [2.24, 2.45) is 0 Å². The van der Waals surface area contributed by atoms with Gasteiger partial charge in [-0.3, -0.25) is 4.21 Å². The molecule has 5 heteroatoms. The molecule has 1 atom stereocenters. The molecular weight excluding hydrogens is 180 g/mol. The number of thiophene rings is 1. The van der Waals surface area contributed by atoms with Crippen LogP contribution in [-0.2, 0) is 10.3 Å². The molecule has 1 aromatic heterocycles. The van der Waals surface area contributed by atoms with Crippen LogP contribution in [0.3, 0.4) is 0 Å². The molecule has 0 spiro atoms. The third kappa shape index (κ3) is 11.6. The summed E-state index contributed by atoms with van der Waals surface area (Å²) in [6.07, 6.45) is 0. The van der Waals surface area contributed by atoms with Gasteiger partial charge < -0.3 is 4.55 Å².